The summed E-state index contributed by atoms with van der Waals surface area (Å²) in [4.78, 5) is 17.6. The van der Waals surface area contributed by atoms with E-state index in [1.165, 1.54) is 18.4 Å². The van der Waals surface area contributed by atoms with Gasteiger partial charge in [-0.1, -0.05) is 19.9 Å². The lowest BCUT2D eigenvalue weighted by molar-refractivity contribution is 0.355. The zero-order valence-electron chi connectivity index (χ0n) is 18.7. The third-order valence-corrected chi connectivity index (χ3v) is 6.31. The van der Waals surface area contributed by atoms with Crippen molar-refractivity contribution < 1.29 is 9.47 Å². The van der Waals surface area contributed by atoms with Gasteiger partial charge < -0.3 is 14.8 Å². The van der Waals surface area contributed by atoms with Crippen LogP contribution in [0.3, 0.4) is 0 Å². The molecule has 0 saturated carbocycles. The molecule has 4 heterocycles. The molecule has 31 heavy (non-hydrogen) atoms. The molecule has 1 N–H and O–H groups in total. The third-order valence-electron chi connectivity index (χ3n) is 6.31. The predicted molar refractivity (Wildman–Crippen MR) is 123 cm³/mol. The molecule has 2 bridgehead atoms. The lowest BCUT2D eigenvalue weighted by Gasteiger charge is -2.29. The van der Waals surface area contributed by atoms with E-state index in [4.69, 9.17) is 14.5 Å². The molecule has 3 aromatic rings. The number of fused-ring (bicyclic) bond motifs is 3. The quantitative estimate of drug-likeness (QED) is 0.676. The summed E-state index contributed by atoms with van der Waals surface area (Å²) in [5, 5.41) is 3.68. The highest BCUT2D eigenvalue weighted by atomic mass is 16.5. The highest BCUT2D eigenvalue weighted by Crippen LogP contribution is 2.37. The minimum absolute atomic E-state index is 0.0708. The van der Waals surface area contributed by atoms with Crippen molar-refractivity contribution >= 4 is 5.65 Å². The molecule has 1 aromatic carbocycles. The molecular weight excluding hydrogens is 390 g/mol. The van der Waals surface area contributed by atoms with Crippen LogP contribution in [-0.2, 0) is 0 Å². The molecule has 3 atom stereocenters. The molecule has 0 radical (unpaired) electrons. The van der Waals surface area contributed by atoms with E-state index < -0.39 is 0 Å². The van der Waals surface area contributed by atoms with Gasteiger partial charge in [0.15, 0.2) is 11.5 Å². The lowest BCUT2D eigenvalue weighted by Crippen LogP contribution is -2.37. The maximum Gasteiger partial charge on any atom is 0.258 e. The van der Waals surface area contributed by atoms with Crippen LogP contribution in [0.4, 0.5) is 0 Å². The normalized spacial score (nSPS) is 22.0. The molecule has 2 aromatic heterocycles. The Labute approximate surface area is 183 Å². The van der Waals surface area contributed by atoms with Crippen LogP contribution in [0.25, 0.3) is 16.9 Å². The van der Waals surface area contributed by atoms with Gasteiger partial charge >= 0.3 is 0 Å². The topological polar surface area (TPSA) is 64.9 Å². The van der Waals surface area contributed by atoms with Gasteiger partial charge in [-0.3, -0.25) is 9.20 Å². The van der Waals surface area contributed by atoms with E-state index in [-0.39, 0.29) is 5.56 Å². The van der Waals surface area contributed by atoms with Gasteiger partial charge in [-0.15, -0.1) is 0 Å². The fourth-order valence-corrected chi connectivity index (χ4v) is 4.83. The summed E-state index contributed by atoms with van der Waals surface area (Å²) in [5.74, 6) is 1.77. The maximum atomic E-state index is 12.9. The maximum absolute atomic E-state index is 12.9. The summed E-state index contributed by atoms with van der Waals surface area (Å²) in [6.45, 7) is 4.00. The molecule has 1 unspecified atom stereocenters. The number of nitrogens with one attached hydrogen (secondary N) is 1. The number of methoxy groups -OCH3 is 2. The number of aromatic nitrogens is 2. The Morgan fingerprint density at radius 3 is 2.35 bits per heavy atom. The van der Waals surface area contributed by atoms with Crippen LogP contribution in [0.2, 0.25) is 0 Å². The Hall–Kier alpha value is -2.86. The van der Waals surface area contributed by atoms with E-state index in [1.54, 1.807) is 24.7 Å². The number of nitrogens with zero attached hydrogens (tertiary/aromatic N) is 2. The molecule has 2 aliphatic rings. The van der Waals surface area contributed by atoms with E-state index in [9.17, 15) is 4.79 Å². The fourth-order valence-electron chi connectivity index (χ4n) is 4.83. The van der Waals surface area contributed by atoms with Crippen molar-refractivity contribution in [2.75, 3.05) is 14.2 Å². The molecular formula is C25H31N3O3. The highest BCUT2D eigenvalue weighted by molar-refractivity contribution is 5.65. The van der Waals surface area contributed by atoms with E-state index in [0.717, 1.165) is 18.4 Å². The van der Waals surface area contributed by atoms with Crippen molar-refractivity contribution in [1.29, 1.82) is 0 Å². The van der Waals surface area contributed by atoms with E-state index in [0.29, 0.717) is 40.8 Å². The number of ether oxygens (including phenoxy) is 2. The number of piperidine rings is 1. The Morgan fingerprint density at radius 1 is 0.968 bits per heavy atom. The molecule has 6 heteroatoms. The number of benzene rings is 1. The molecule has 2 aliphatic heterocycles. The minimum Gasteiger partial charge on any atom is -0.493 e. The summed E-state index contributed by atoms with van der Waals surface area (Å²) >= 11 is 0. The van der Waals surface area contributed by atoms with E-state index in [1.807, 2.05) is 44.3 Å². The summed E-state index contributed by atoms with van der Waals surface area (Å²) in [6.07, 6.45) is 6.82. The van der Waals surface area contributed by atoms with Gasteiger partial charge in [-0.25, -0.2) is 4.98 Å². The Bertz CT molecular complexity index is 1110. The number of hydrogen-bond donors (Lipinski definition) is 1. The SMILES string of the molecule is CC.COc1ccc(-c2cc(=O)n3cc(C4C[C@H]5CC[C@@H](C4)N5)ccc3n2)cc1OC. The monoisotopic (exact) mass is 421 g/mol. The van der Waals surface area contributed by atoms with Crippen LogP contribution >= 0.6 is 0 Å². The van der Waals surface area contributed by atoms with Crippen molar-refractivity contribution in [2.45, 2.75) is 57.5 Å². The Balaban J connectivity index is 0.00000112. The van der Waals surface area contributed by atoms with Gasteiger partial charge in [-0.05, 0) is 61.4 Å². The van der Waals surface area contributed by atoms with Gasteiger partial charge in [0.25, 0.3) is 5.56 Å². The second kappa shape index (κ2) is 9.10. The standard InChI is InChI=1S/C23H25N3O3.C2H6/c1-28-20-7-3-14(11-21(20)29-2)19-12-23(27)26-13-15(4-8-22(26)25-19)16-9-17-5-6-18(10-16)24-17;1-2/h3-4,7-8,11-13,16-18,24H,5-6,9-10H2,1-2H3;1-2H3/t16?,17-,18+;. The minimum atomic E-state index is -0.0708. The average Bonchev–Trinajstić information content (AvgIpc) is 3.16. The van der Waals surface area contributed by atoms with Crippen LogP contribution in [0.15, 0.2) is 47.4 Å². The molecule has 0 aliphatic carbocycles. The molecule has 0 amide bonds. The van der Waals surface area contributed by atoms with Crippen LogP contribution in [0.5, 0.6) is 11.5 Å². The third kappa shape index (κ3) is 4.17. The van der Waals surface area contributed by atoms with Gasteiger partial charge in [0.05, 0.1) is 19.9 Å². The van der Waals surface area contributed by atoms with Crippen molar-refractivity contribution in [3.05, 3.63) is 58.5 Å². The number of rotatable bonds is 4. The second-order valence-corrected chi connectivity index (χ2v) is 8.05. The molecule has 6 nitrogen and oxygen atoms in total. The van der Waals surface area contributed by atoms with Crippen molar-refractivity contribution in [3.8, 4) is 22.8 Å². The van der Waals surface area contributed by atoms with Gasteiger partial charge in [-0.2, -0.15) is 0 Å². The first kappa shape index (κ1) is 21.4. The second-order valence-electron chi connectivity index (χ2n) is 8.05. The molecule has 2 saturated heterocycles. The van der Waals surface area contributed by atoms with Crippen molar-refractivity contribution in [3.63, 3.8) is 0 Å². The van der Waals surface area contributed by atoms with Crippen LogP contribution in [0.1, 0.15) is 51.0 Å². The van der Waals surface area contributed by atoms with Gasteiger partial charge in [0.2, 0.25) is 0 Å². The first-order chi connectivity index (χ1) is 15.1. The number of hydrogen-bond acceptors (Lipinski definition) is 5. The zero-order chi connectivity index (χ0) is 22.0. The molecule has 0 spiro atoms. The highest BCUT2D eigenvalue weighted by Gasteiger charge is 2.34. The Kier molecular flexibility index (Phi) is 6.28. The average molecular weight is 422 g/mol. The van der Waals surface area contributed by atoms with Crippen LogP contribution < -0.4 is 20.3 Å². The summed E-state index contributed by atoms with van der Waals surface area (Å²) < 4.78 is 12.3. The summed E-state index contributed by atoms with van der Waals surface area (Å²) in [6, 6.07) is 12.5. The van der Waals surface area contributed by atoms with Gasteiger partial charge in [0, 0.05) is 29.9 Å². The van der Waals surface area contributed by atoms with Gasteiger partial charge in [0.1, 0.15) is 5.65 Å². The first-order valence-electron chi connectivity index (χ1n) is 11.2. The lowest BCUT2D eigenvalue weighted by atomic mass is 9.87. The molecule has 2 fully saturated rings. The summed E-state index contributed by atoms with van der Waals surface area (Å²) in [5.41, 5.74) is 3.27. The summed E-state index contributed by atoms with van der Waals surface area (Å²) in [7, 11) is 3.20. The molecule has 5 rings (SSSR count). The zero-order valence-corrected chi connectivity index (χ0v) is 18.7. The first-order valence-corrected chi connectivity index (χ1v) is 11.2. The van der Waals surface area contributed by atoms with Crippen molar-refractivity contribution in [1.82, 2.24) is 14.7 Å². The number of pyridine rings is 1. The largest absolute Gasteiger partial charge is 0.493 e. The van der Waals surface area contributed by atoms with Crippen LogP contribution in [-0.4, -0.2) is 35.7 Å². The van der Waals surface area contributed by atoms with Crippen LogP contribution in [0, 0.1) is 0 Å². The Morgan fingerprint density at radius 2 is 1.68 bits per heavy atom. The molecule has 164 valence electrons. The predicted octanol–water partition coefficient (Wildman–Crippen LogP) is 4.40. The fraction of sp³-hybridized carbons (Fsp3) is 0.440. The van der Waals surface area contributed by atoms with Crippen molar-refractivity contribution in [2.24, 2.45) is 0 Å². The smallest absolute Gasteiger partial charge is 0.258 e. The van der Waals surface area contributed by atoms with E-state index >= 15 is 0 Å². The van der Waals surface area contributed by atoms with E-state index in [2.05, 4.69) is 11.4 Å².